The lowest BCUT2D eigenvalue weighted by molar-refractivity contribution is 0.0727. The zero-order chi connectivity index (χ0) is 15.2. The Bertz CT molecular complexity index is 454. The average molecular weight is 313 g/mol. The molecular formula is C16H25ClN2O2. The summed E-state index contributed by atoms with van der Waals surface area (Å²) in [5.74, 6) is 0.627. The highest BCUT2D eigenvalue weighted by atomic mass is 35.5. The predicted molar refractivity (Wildman–Crippen MR) is 87.0 cm³/mol. The number of morpholine rings is 1. The number of ether oxygens (including phenoxy) is 1. The van der Waals surface area contributed by atoms with E-state index < -0.39 is 0 Å². The van der Waals surface area contributed by atoms with Gasteiger partial charge >= 0.3 is 0 Å². The van der Waals surface area contributed by atoms with Gasteiger partial charge < -0.3 is 20.1 Å². The Morgan fingerprint density at radius 3 is 2.95 bits per heavy atom. The van der Waals surface area contributed by atoms with Gasteiger partial charge in [0, 0.05) is 23.8 Å². The molecule has 1 atom stereocenters. The zero-order valence-electron chi connectivity index (χ0n) is 12.8. The van der Waals surface area contributed by atoms with E-state index in [1.54, 1.807) is 0 Å². The van der Waals surface area contributed by atoms with Crippen LogP contribution < -0.4 is 10.2 Å². The van der Waals surface area contributed by atoms with E-state index in [-0.39, 0.29) is 12.6 Å². The molecule has 5 heteroatoms. The number of aliphatic hydroxyl groups is 1. The Morgan fingerprint density at radius 2 is 2.29 bits per heavy atom. The highest BCUT2D eigenvalue weighted by molar-refractivity contribution is 6.31. The summed E-state index contributed by atoms with van der Waals surface area (Å²) in [7, 11) is 0. The average Bonchev–Trinajstić information content (AvgIpc) is 2.48. The van der Waals surface area contributed by atoms with Gasteiger partial charge in [0.2, 0.25) is 0 Å². The van der Waals surface area contributed by atoms with Gasteiger partial charge in [0.15, 0.2) is 0 Å². The van der Waals surface area contributed by atoms with E-state index in [0.717, 1.165) is 35.9 Å². The monoisotopic (exact) mass is 312 g/mol. The number of hydrogen-bond acceptors (Lipinski definition) is 4. The van der Waals surface area contributed by atoms with Crippen molar-refractivity contribution in [2.45, 2.75) is 26.4 Å². The van der Waals surface area contributed by atoms with E-state index in [1.807, 2.05) is 6.07 Å². The quantitative estimate of drug-likeness (QED) is 0.846. The minimum atomic E-state index is 0.0136. The normalized spacial score (nSPS) is 19.3. The van der Waals surface area contributed by atoms with E-state index in [9.17, 15) is 5.11 Å². The SMILES string of the molecule is CC(C)CNCc1ccc(N2CCOCC2CO)cc1Cl. The molecule has 0 radical (unpaired) electrons. The van der Waals surface area contributed by atoms with Crippen LogP contribution in [0.1, 0.15) is 19.4 Å². The van der Waals surface area contributed by atoms with Crippen LogP contribution in [0.25, 0.3) is 0 Å². The number of aliphatic hydroxyl groups excluding tert-OH is 1. The lowest BCUT2D eigenvalue weighted by atomic mass is 10.1. The molecule has 0 saturated carbocycles. The predicted octanol–water partition coefficient (Wildman–Crippen LogP) is 2.28. The van der Waals surface area contributed by atoms with E-state index >= 15 is 0 Å². The van der Waals surface area contributed by atoms with Crippen molar-refractivity contribution in [3.8, 4) is 0 Å². The number of nitrogens with zero attached hydrogens (tertiary/aromatic N) is 1. The maximum Gasteiger partial charge on any atom is 0.0755 e. The van der Waals surface area contributed by atoms with Crippen LogP contribution in [-0.4, -0.2) is 44.1 Å². The van der Waals surface area contributed by atoms with Crippen molar-refractivity contribution >= 4 is 17.3 Å². The summed E-state index contributed by atoms with van der Waals surface area (Å²) in [4.78, 5) is 2.17. The molecule has 0 spiro atoms. The fourth-order valence-electron chi connectivity index (χ4n) is 2.50. The van der Waals surface area contributed by atoms with Crippen LogP contribution in [-0.2, 0) is 11.3 Å². The Hall–Kier alpha value is -0.810. The highest BCUT2D eigenvalue weighted by Crippen LogP contribution is 2.26. The minimum absolute atomic E-state index is 0.0136. The molecule has 2 N–H and O–H groups in total. The number of anilines is 1. The summed E-state index contributed by atoms with van der Waals surface area (Å²) in [6.07, 6.45) is 0. The summed E-state index contributed by atoms with van der Waals surface area (Å²) in [6.45, 7) is 8.26. The van der Waals surface area contributed by atoms with Gasteiger partial charge in [-0.25, -0.2) is 0 Å². The van der Waals surface area contributed by atoms with Crippen molar-refractivity contribution < 1.29 is 9.84 Å². The number of halogens is 1. The molecule has 1 saturated heterocycles. The second kappa shape index (κ2) is 7.99. The molecule has 0 aliphatic carbocycles. The van der Waals surface area contributed by atoms with E-state index in [2.05, 4.69) is 36.2 Å². The van der Waals surface area contributed by atoms with Crippen molar-refractivity contribution in [2.24, 2.45) is 5.92 Å². The lowest BCUT2D eigenvalue weighted by Crippen LogP contribution is -2.47. The standard InChI is InChI=1S/C16H25ClN2O2/c1-12(2)8-18-9-13-3-4-14(7-16(13)17)19-5-6-21-11-15(19)10-20/h3-4,7,12,15,18,20H,5-6,8-11H2,1-2H3. The van der Waals surface area contributed by atoms with Gasteiger partial charge in [-0.2, -0.15) is 0 Å². The third kappa shape index (κ3) is 4.58. The molecule has 2 rings (SSSR count). The van der Waals surface area contributed by atoms with Crippen LogP contribution in [0, 0.1) is 5.92 Å². The molecule has 1 aliphatic heterocycles. The van der Waals surface area contributed by atoms with Crippen LogP contribution in [0.5, 0.6) is 0 Å². The third-order valence-electron chi connectivity index (χ3n) is 3.67. The van der Waals surface area contributed by atoms with Crippen LogP contribution in [0.4, 0.5) is 5.69 Å². The van der Waals surface area contributed by atoms with Crippen LogP contribution in [0.3, 0.4) is 0 Å². The molecule has 0 bridgehead atoms. The number of hydrogen-bond donors (Lipinski definition) is 2. The molecule has 1 aromatic carbocycles. The summed E-state index contributed by atoms with van der Waals surface area (Å²) in [5.41, 5.74) is 2.16. The lowest BCUT2D eigenvalue weighted by Gasteiger charge is -2.36. The van der Waals surface area contributed by atoms with Crippen LogP contribution in [0.2, 0.25) is 5.02 Å². The molecule has 21 heavy (non-hydrogen) atoms. The first kappa shape index (κ1) is 16.6. The maximum absolute atomic E-state index is 9.45. The fraction of sp³-hybridized carbons (Fsp3) is 0.625. The largest absolute Gasteiger partial charge is 0.394 e. The molecule has 1 heterocycles. The first-order valence-electron chi connectivity index (χ1n) is 7.56. The second-order valence-electron chi connectivity index (χ2n) is 5.91. The third-order valence-corrected chi connectivity index (χ3v) is 4.03. The number of nitrogens with one attached hydrogen (secondary N) is 1. The van der Waals surface area contributed by atoms with Gasteiger partial charge in [-0.15, -0.1) is 0 Å². The van der Waals surface area contributed by atoms with Crippen molar-refractivity contribution in [1.29, 1.82) is 0 Å². The smallest absolute Gasteiger partial charge is 0.0755 e. The summed E-state index contributed by atoms with van der Waals surface area (Å²) < 4.78 is 5.41. The minimum Gasteiger partial charge on any atom is -0.394 e. The van der Waals surface area contributed by atoms with Crippen LogP contribution in [0.15, 0.2) is 18.2 Å². The van der Waals surface area contributed by atoms with Gasteiger partial charge in [-0.1, -0.05) is 31.5 Å². The Kier molecular flexibility index (Phi) is 6.30. The topological polar surface area (TPSA) is 44.7 Å². The first-order chi connectivity index (χ1) is 10.1. The van der Waals surface area contributed by atoms with Crippen molar-refractivity contribution in [3.05, 3.63) is 28.8 Å². The van der Waals surface area contributed by atoms with Gasteiger partial charge in [-0.3, -0.25) is 0 Å². The molecular weight excluding hydrogens is 288 g/mol. The molecule has 1 aromatic rings. The van der Waals surface area contributed by atoms with E-state index in [4.69, 9.17) is 16.3 Å². The molecule has 1 fully saturated rings. The molecule has 0 amide bonds. The first-order valence-corrected chi connectivity index (χ1v) is 7.94. The zero-order valence-corrected chi connectivity index (χ0v) is 13.6. The molecule has 0 aromatic heterocycles. The number of benzene rings is 1. The molecule has 1 aliphatic rings. The van der Waals surface area contributed by atoms with Crippen molar-refractivity contribution in [2.75, 3.05) is 37.8 Å². The van der Waals surface area contributed by atoms with Gasteiger partial charge in [0.05, 0.1) is 25.9 Å². The van der Waals surface area contributed by atoms with Crippen LogP contribution >= 0.6 is 11.6 Å². The van der Waals surface area contributed by atoms with Crippen molar-refractivity contribution in [1.82, 2.24) is 5.32 Å². The second-order valence-corrected chi connectivity index (χ2v) is 6.31. The summed E-state index contributed by atoms with van der Waals surface area (Å²) >= 11 is 6.39. The maximum atomic E-state index is 9.45. The van der Waals surface area contributed by atoms with Gasteiger partial charge in [0.25, 0.3) is 0 Å². The molecule has 118 valence electrons. The summed E-state index contributed by atoms with van der Waals surface area (Å²) in [5, 5.41) is 13.6. The van der Waals surface area contributed by atoms with Crippen molar-refractivity contribution in [3.63, 3.8) is 0 Å². The fourth-order valence-corrected chi connectivity index (χ4v) is 2.74. The molecule has 1 unspecified atom stereocenters. The highest BCUT2D eigenvalue weighted by Gasteiger charge is 2.22. The molecule has 4 nitrogen and oxygen atoms in total. The summed E-state index contributed by atoms with van der Waals surface area (Å²) in [6, 6.07) is 6.14. The van der Waals surface area contributed by atoms with Gasteiger partial charge in [0.1, 0.15) is 0 Å². The van der Waals surface area contributed by atoms with Gasteiger partial charge in [-0.05, 0) is 30.2 Å². The Balaban J connectivity index is 2.03. The Labute approximate surface area is 132 Å². The van der Waals surface area contributed by atoms with E-state index in [1.165, 1.54) is 0 Å². The number of rotatable bonds is 6. The Morgan fingerprint density at radius 1 is 1.48 bits per heavy atom. The van der Waals surface area contributed by atoms with E-state index in [0.29, 0.717) is 19.1 Å².